The van der Waals surface area contributed by atoms with Crippen LogP contribution in [-0.2, 0) is 17.9 Å². The number of nitrogens with zero attached hydrogens (tertiary/aromatic N) is 5. The second-order valence-corrected chi connectivity index (χ2v) is 6.70. The first-order valence-corrected chi connectivity index (χ1v) is 8.03. The maximum atomic E-state index is 12.3. The van der Waals surface area contributed by atoms with Gasteiger partial charge in [-0.25, -0.2) is 4.98 Å². The molecular weight excluding hydrogens is 312 g/mol. The lowest BCUT2D eigenvalue weighted by atomic mass is 10.3. The Morgan fingerprint density at radius 3 is 2.78 bits per heavy atom. The second-order valence-electron chi connectivity index (χ2n) is 5.52. The van der Waals surface area contributed by atoms with E-state index in [-0.39, 0.29) is 12.5 Å². The van der Waals surface area contributed by atoms with Gasteiger partial charge in [0.2, 0.25) is 11.0 Å². The molecule has 0 fully saturated rings. The number of fused-ring (bicyclic) bond motifs is 1. The minimum atomic E-state index is -0.135. The number of anilines is 1. The van der Waals surface area contributed by atoms with E-state index in [9.17, 15) is 4.79 Å². The minimum Gasteiger partial charge on any atom is -0.317 e. The molecule has 0 unspecified atom stereocenters. The van der Waals surface area contributed by atoms with Gasteiger partial charge in [0.05, 0.1) is 17.6 Å². The highest BCUT2D eigenvalue weighted by molar-refractivity contribution is 7.15. The van der Waals surface area contributed by atoms with Gasteiger partial charge in [0, 0.05) is 0 Å². The van der Waals surface area contributed by atoms with Crippen LogP contribution in [0.4, 0.5) is 5.13 Å². The zero-order valence-corrected chi connectivity index (χ0v) is 14.1. The first kappa shape index (κ1) is 15.6. The Balaban J connectivity index is 1.86. The molecular formula is C15H18N6OS. The van der Waals surface area contributed by atoms with Gasteiger partial charge < -0.3 is 9.47 Å². The topological polar surface area (TPSA) is 75.9 Å². The van der Waals surface area contributed by atoms with Crippen molar-refractivity contribution in [3.63, 3.8) is 0 Å². The second kappa shape index (κ2) is 6.43. The van der Waals surface area contributed by atoms with Gasteiger partial charge >= 0.3 is 0 Å². The Morgan fingerprint density at radius 1 is 1.30 bits per heavy atom. The molecule has 0 radical (unpaired) electrons. The predicted molar refractivity (Wildman–Crippen MR) is 90.4 cm³/mol. The molecule has 8 heteroatoms. The van der Waals surface area contributed by atoms with Crippen molar-refractivity contribution < 1.29 is 4.79 Å². The number of hydrogen-bond acceptors (Lipinski definition) is 6. The normalized spacial score (nSPS) is 11.3. The number of rotatable bonds is 5. The number of nitrogens with one attached hydrogen (secondary N) is 1. The molecule has 1 aromatic carbocycles. The Labute approximate surface area is 138 Å². The third kappa shape index (κ3) is 3.54. The third-order valence-corrected chi connectivity index (χ3v) is 4.02. The molecule has 3 aromatic rings. The number of aryl methyl sites for hydroxylation is 1. The zero-order chi connectivity index (χ0) is 16.4. The van der Waals surface area contributed by atoms with E-state index >= 15 is 0 Å². The third-order valence-electron chi connectivity index (χ3n) is 3.27. The van der Waals surface area contributed by atoms with Gasteiger partial charge in [-0.2, -0.15) is 0 Å². The molecule has 0 saturated heterocycles. The highest BCUT2D eigenvalue weighted by atomic mass is 32.1. The minimum absolute atomic E-state index is 0.135. The standard InChI is InChI=1S/C15H18N6OS/c1-10-18-19-15(23-10)17-14(22)9-21-12-7-5-4-6-11(12)16-13(21)8-20(2)3/h4-7H,8-9H2,1-3H3,(H,17,19,22). The highest BCUT2D eigenvalue weighted by Gasteiger charge is 2.15. The average Bonchev–Trinajstić information content (AvgIpc) is 3.03. The van der Waals surface area contributed by atoms with E-state index in [0.717, 1.165) is 21.9 Å². The lowest BCUT2D eigenvalue weighted by molar-refractivity contribution is -0.116. The van der Waals surface area contributed by atoms with Gasteiger partial charge in [-0.3, -0.25) is 10.1 Å². The molecule has 0 aliphatic carbocycles. The van der Waals surface area contributed by atoms with Crippen LogP contribution in [0.1, 0.15) is 10.8 Å². The Kier molecular flexibility index (Phi) is 4.35. The summed E-state index contributed by atoms with van der Waals surface area (Å²) in [5.74, 6) is 0.726. The van der Waals surface area contributed by atoms with Gasteiger partial charge in [0.25, 0.3) is 0 Å². The van der Waals surface area contributed by atoms with Crippen LogP contribution >= 0.6 is 11.3 Å². The SMILES string of the molecule is Cc1nnc(NC(=O)Cn2c(CN(C)C)nc3ccccc32)s1. The van der Waals surface area contributed by atoms with Crippen LogP contribution < -0.4 is 5.32 Å². The molecule has 1 amide bonds. The van der Waals surface area contributed by atoms with E-state index in [0.29, 0.717) is 11.7 Å². The van der Waals surface area contributed by atoms with E-state index in [4.69, 9.17) is 0 Å². The molecule has 1 N–H and O–H groups in total. The van der Waals surface area contributed by atoms with E-state index in [2.05, 4.69) is 20.5 Å². The molecule has 7 nitrogen and oxygen atoms in total. The highest BCUT2D eigenvalue weighted by Crippen LogP contribution is 2.18. The van der Waals surface area contributed by atoms with E-state index in [1.54, 1.807) is 0 Å². The first-order valence-electron chi connectivity index (χ1n) is 7.22. The van der Waals surface area contributed by atoms with Crippen molar-refractivity contribution in [1.29, 1.82) is 0 Å². The van der Waals surface area contributed by atoms with Crippen molar-refractivity contribution in [3.8, 4) is 0 Å². The molecule has 0 aliphatic heterocycles. The Bertz CT molecular complexity index is 837. The molecule has 3 rings (SSSR count). The summed E-state index contributed by atoms with van der Waals surface area (Å²) in [7, 11) is 3.96. The quantitative estimate of drug-likeness (QED) is 0.773. The summed E-state index contributed by atoms with van der Waals surface area (Å²) in [6, 6.07) is 7.83. The summed E-state index contributed by atoms with van der Waals surface area (Å²) < 4.78 is 1.94. The van der Waals surface area contributed by atoms with Crippen LogP contribution in [0.5, 0.6) is 0 Å². The molecule has 0 spiro atoms. The number of carbonyl (C=O) groups excluding carboxylic acids is 1. The molecule has 0 saturated carbocycles. The first-order chi connectivity index (χ1) is 11.0. The van der Waals surface area contributed by atoms with Crippen molar-refractivity contribution in [2.75, 3.05) is 19.4 Å². The predicted octanol–water partition coefficient (Wildman–Crippen LogP) is 1.90. The largest absolute Gasteiger partial charge is 0.317 e. The van der Waals surface area contributed by atoms with Crippen LogP contribution in [0.3, 0.4) is 0 Å². The summed E-state index contributed by atoms with van der Waals surface area (Å²) in [4.78, 5) is 19.0. The molecule has 0 bridgehead atoms. The Hall–Kier alpha value is -2.32. The van der Waals surface area contributed by atoms with Crippen LogP contribution in [0.2, 0.25) is 0 Å². The van der Waals surface area contributed by atoms with Crippen molar-refractivity contribution in [2.45, 2.75) is 20.0 Å². The van der Waals surface area contributed by atoms with Gasteiger partial charge in [0.1, 0.15) is 17.4 Å². The monoisotopic (exact) mass is 330 g/mol. The maximum absolute atomic E-state index is 12.3. The molecule has 23 heavy (non-hydrogen) atoms. The number of imidazole rings is 1. The molecule has 2 heterocycles. The van der Waals surface area contributed by atoms with Gasteiger partial charge in [-0.1, -0.05) is 23.5 Å². The number of benzene rings is 1. The van der Waals surface area contributed by atoms with Crippen molar-refractivity contribution in [2.24, 2.45) is 0 Å². The van der Waals surface area contributed by atoms with Crippen LogP contribution in [0.15, 0.2) is 24.3 Å². The number of amides is 1. The van der Waals surface area contributed by atoms with Gasteiger partial charge in [-0.05, 0) is 33.2 Å². The summed E-state index contributed by atoms with van der Waals surface area (Å²) in [6.07, 6.45) is 0. The van der Waals surface area contributed by atoms with Crippen LogP contribution in [-0.4, -0.2) is 44.7 Å². The number of para-hydroxylation sites is 2. The van der Waals surface area contributed by atoms with Crippen LogP contribution in [0.25, 0.3) is 11.0 Å². The van der Waals surface area contributed by atoms with E-state index in [1.165, 1.54) is 11.3 Å². The van der Waals surface area contributed by atoms with Crippen LogP contribution in [0, 0.1) is 6.92 Å². The fraction of sp³-hybridized carbons (Fsp3) is 0.333. The number of carbonyl (C=O) groups is 1. The summed E-state index contributed by atoms with van der Waals surface area (Å²) in [6.45, 7) is 2.72. The van der Waals surface area contributed by atoms with Gasteiger partial charge in [-0.15, -0.1) is 10.2 Å². The number of aromatic nitrogens is 4. The lowest BCUT2D eigenvalue weighted by Gasteiger charge is -2.12. The van der Waals surface area contributed by atoms with Crippen molar-refractivity contribution in [1.82, 2.24) is 24.6 Å². The number of hydrogen-bond donors (Lipinski definition) is 1. The summed E-state index contributed by atoms with van der Waals surface area (Å²) >= 11 is 1.36. The molecule has 2 aromatic heterocycles. The lowest BCUT2D eigenvalue weighted by Crippen LogP contribution is -2.22. The molecule has 120 valence electrons. The fourth-order valence-corrected chi connectivity index (χ4v) is 2.96. The Morgan fingerprint density at radius 2 is 2.09 bits per heavy atom. The smallest absolute Gasteiger partial charge is 0.246 e. The van der Waals surface area contributed by atoms with Crippen molar-refractivity contribution >= 4 is 33.4 Å². The van der Waals surface area contributed by atoms with E-state index < -0.39 is 0 Å². The summed E-state index contributed by atoms with van der Waals surface area (Å²) in [5.41, 5.74) is 1.84. The summed E-state index contributed by atoms with van der Waals surface area (Å²) in [5, 5.41) is 12.0. The van der Waals surface area contributed by atoms with Crippen molar-refractivity contribution in [3.05, 3.63) is 35.1 Å². The zero-order valence-electron chi connectivity index (χ0n) is 13.3. The van der Waals surface area contributed by atoms with E-state index in [1.807, 2.05) is 54.8 Å². The fourth-order valence-electron chi connectivity index (χ4n) is 2.35. The molecule has 0 aliphatic rings. The van der Waals surface area contributed by atoms with Gasteiger partial charge in [0.15, 0.2) is 0 Å². The average molecular weight is 330 g/mol. The maximum Gasteiger partial charge on any atom is 0.246 e. The molecule has 0 atom stereocenters.